The molecule has 1 heterocycles. The lowest BCUT2D eigenvalue weighted by atomic mass is 10.3. The van der Waals surface area contributed by atoms with Crippen LogP contribution in [-0.2, 0) is 16.1 Å². The lowest BCUT2D eigenvalue weighted by Gasteiger charge is -2.21. The maximum absolute atomic E-state index is 11.8. The minimum atomic E-state index is 0. The van der Waals surface area contributed by atoms with E-state index in [1.165, 1.54) is 0 Å². The average Bonchev–Trinajstić information content (AvgIpc) is 2.36. The average molecular weight is 274 g/mol. The minimum Gasteiger partial charge on any atom is -0.383 e. The Bertz CT molecular complexity index is 335. The number of hydrogen-bond donors (Lipinski definition) is 1. The van der Waals surface area contributed by atoms with Gasteiger partial charge >= 0.3 is 0 Å². The van der Waals surface area contributed by atoms with Crippen LogP contribution in [0.3, 0.4) is 0 Å². The summed E-state index contributed by atoms with van der Waals surface area (Å²) in [7, 11) is 3.38. The van der Waals surface area contributed by atoms with Gasteiger partial charge in [-0.05, 0) is 19.2 Å². The summed E-state index contributed by atoms with van der Waals surface area (Å²) in [6, 6.07) is 5.68. The van der Waals surface area contributed by atoms with Gasteiger partial charge in [-0.2, -0.15) is 0 Å². The van der Waals surface area contributed by atoms with Crippen molar-refractivity contribution in [3.8, 4) is 0 Å². The van der Waals surface area contributed by atoms with Crippen molar-refractivity contribution in [2.75, 3.05) is 33.9 Å². The van der Waals surface area contributed by atoms with Crippen LogP contribution >= 0.6 is 12.4 Å². The fraction of sp³-hybridized carbons (Fsp3) is 0.500. The lowest BCUT2D eigenvalue weighted by Crippen LogP contribution is -2.38. The number of hydrogen-bond acceptors (Lipinski definition) is 4. The number of rotatable bonds is 7. The fourth-order valence-electron chi connectivity index (χ4n) is 1.44. The van der Waals surface area contributed by atoms with Crippen molar-refractivity contribution < 1.29 is 9.53 Å². The zero-order valence-corrected chi connectivity index (χ0v) is 11.6. The number of likely N-dealkylation sites (N-methyl/N-ethyl adjacent to an activating group) is 1. The molecule has 1 aromatic rings. The lowest BCUT2D eigenvalue weighted by molar-refractivity contribution is -0.131. The molecule has 0 aliphatic carbocycles. The minimum absolute atomic E-state index is 0. The zero-order valence-electron chi connectivity index (χ0n) is 10.8. The van der Waals surface area contributed by atoms with Crippen molar-refractivity contribution in [3.63, 3.8) is 0 Å². The van der Waals surface area contributed by atoms with Crippen LogP contribution in [0.4, 0.5) is 0 Å². The van der Waals surface area contributed by atoms with Crippen LogP contribution in [0, 0.1) is 0 Å². The SMILES string of the molecule is CNCC(=O)N(CCOC)Cc1ccccn1.Cl. The molecular weight excluding hydrogens is 254 g/mol. The molecule has 5 nitrogen and oxygen atoms in total. The summed E-state index contributed by atoms with van der Waals surface area (Å²) in [5.74, 6) is 0.0511. The van der Waals surface area contributed by atoms with E-state index in [4.69, 9.17) is 4.74 Å². The molecular formula is C12H20ClN3O2. The molecule has 1 rings (SSSR count). The molecule has 18 heavy (non-hydrogen) atoms. The highest BCUT2D eigenvalue weighted by Gasteiger charge is 2.13. The largest absolute Gasteiger partial charge is 0.383 e. The van der Waals surface area contributed by atoms with Crippen molar-refractivity contribution in [2.45, 2.75) is 6.54 Å². The third kappa shape index (κ3) is 5.95. The number of aromatic nitrogens is 1. The summed E-state index contributed by atoms with van der Waals surface area (Å²) in [6.07, 6.45) is 1.73. The van der Waals surface area contributed by atoms with Gasteiger partial charge in [0, 0.05) is 19.9 Å². The second kappa shape index (κ2) is 9.82. The third-order valence-corrected chi connectivity index (χ3v) is 2.33. The second-order valence-electron chi connectivity index (χ2n) is 3.66. The van der Waals surface area contributed by atoms with E-state index in [1.807, 2.05) is 18.2 Å². The molecule has 102 valence electrons. The normalized spacial score (nSPS) is 9.67. The summed E-state index contributed by atoms with van der Waals surface area (Å²) in [5.41, 5.74) is 0.882. The fourth-order valence-corrected chi connectivity index (χ4v) is 1.44. The molecule has 0 aliphatic heterocycles. The predicted molar refractivity (Wildman–Crippen MR) is 72.7 cm³/mol. The van der Waals surface area contributed by atoms with Gasteiger partial charge in [0.05, 0.1) is 25.4 Å². The van der Waals surface area contributed by atoms with Gasteiger partial charge in [-0.25, -0.2) is 0 Å². The Morgan fingerprint density at radius 3 is 2.83 bits per heavy atom. The van der Waals surface area contributed by atoms with Crippen LogP contribution in [0.5, 0.6) is 0 Å². The van der Waals surface area contributed by atoms with Crippen LogP contribution in [0.25, 0.3) is 0 Å². The predicted octanol–water partition coefficient (Wildman–Crippen LogP) is 0.698. The molecule has 1 amide bonds. The zero-order chi connectivity index (χ0) is 12.5. The molecule has 0 aromatic carbocycles. The first-order chi connectivity index (χ1) is 8.27. The second-order valence-corrected chi connectivity index (χ2v) is 3.66. The molecule has 0 bridgehead atoms. The molecule has 1 aromatic heterocycles. The standard InChI is InChI=1S/C12H19N3O2.ClH/c1-13-9-12(16)15(7-8-17-2)10-11-5-3-4-6-14-11;/h3-6,13H,7-10H2,1-2H3;1H. The quantitative estimate of drug-likeness (QED) is 0.795. The number of ether oxygens (including phenoxy) is 1. The van der Waals surface area contributed by atoms with Gasteiger partial charge in [0.15, 0.2) is 0 Å². The Hall–Kier alpha value is -1.17. The van der Waals surface area contributed by atoms with Gasteiger partial charge in [-0.1, -0.05) is 6.07 Å². The van der Waals surface area contributed by atoms with Crippen molar-refractivity contribution >= 4 is 18.3 Å². The van der Waals surface area contributed by atoms with Crippen molar-refractivity contribution in [3.05, 3.63) is 30.1 Å². The summed E-state index contributed by atoms with van der Waals surface area (Å²) < 4.78 is 5.00. The number of carbonyl (C=O) groups excluding carboxylic acids is 1. The van der Waals surface area contributed by atoms with Crippen LogP contribution in [0.1, 0.15) is 5.69 Å². The van der Waals surface area contributed by atoms with Crippen LogP contribution in [0.15, 0.2) is 24.4 Å². The maximum atomic E-state index is 11.8. The Kier molecular flexibility index (Phi) is 9.18. The topological polar surface area (TPSA) is 54.5 Å². The van der Waals surface area contributed by atoms with E-state index >= 15 is 0 Å². The van der Waals surface area contributed by atoms with Gasteiger partial charge in [0.1, 0.15) is 0 Å². The van der Waals surface area contributed by atoms with Gasteiger partial charge in [0.25, 0.3) is 0 Å². The highest BCUT2D eigenvalue weighted by atomic mass is 35.5. The summed E-state index contributed by atoms with van der Waals surface area (Å²) in [6.45, 7) is 1.96. The Balaban J connectivity index is 0.00000289. The highest BCUT2D eigenvalue weighted by Crippen LogP contribution is 2.01. The van der Waals surface area contributed by atoms with E-state index in [2.05, 4.69) is 10.3 Å². The third-order valence-electron chi connectivity index (χ3n) is 2.33. The number of nitrogens with one attached hydrogen (secondary N) is 1. The molecule has 0 unspecified atom stereocenters. The molecule has 0 saturated heterocycles. The first kappa shape index (κ1) is 16.8. The Morgan fingerprint density at radius 1 is 1.50 bits per heavy atom. The molecule has 0 fully saturated rings. The number of methoxy groups -OCH3 is 1. The molecule has 0 saturated carbocycles. The van der Waals surface area contributed by atoms with Crippen molar-refractivity contribution in [2.24, 2.45) is 0 Å². The first-order valence-electron chi connectivity index (χ1n) is 5.59. The van der Waals surface area contributed by atoms with E-state index in [9.17, 15) is 4.79 Å². The van der Waals surface area contributed by atoms with Gasteiger partial charge in [0.2, 0.25) is 5.91 Å². The molecule has 0 spiro atoms. The van der Waals surface area contributed by atoms with E-state index in [0.717, 1.165) is 5.69 Å². The number of amides is 1. The molecule has 1 N–H and O–H groups in total. The van der Waals surface area contributed by atoms with Gasteiger partial charge in [-0.15, -0.1) is 12.4 Å². The summed E-state index contributed by atoms with van der Waals surface area (Å²) >= 11 is 0. The number of halogens is 1. The van der Waals surface area contributed by atoms with Crippen molar-refractivity contribution in [1.82, 2.24) is 15.2 Å². The van der Waals surface area contributed by atoms with Crippen LogP contribution in [-0.4, -0.2) is 49.6 Å². The van der Waals surface area contributed by atoms with Crippen molar-refractivity contribution in [1.29, 1.82) is 0 Å². The summed E-state index contributed by atoms with van der Waals surface area (Å²) in [5, 5.41) is 2.86. The molecule has 0 radical (unpaired) electrons. The summed E-state index contributed by atoms with van der Waals surface area (Å²) in [4.78, 5) is 17.8. The van der Waals surface area contributed by atoms with Crippen LogP contribution < -0.4 is 5.32 Å². The first-order valence-corrected chi connectivity index (χ1v) is 5.59. The highest BCUT2D eigenvalue weighted by molar-refractivity contribution is 5.85. The van der Waals surface area contributed by atoms with E-state index in [0.29, 0.717) is 26.2 Å². The smallest absolute Gasteiger partial charge is 0.236 e. The number of pyridine rings is 1. The van der Waals surface area contributed by atoms with E-state index in [1.54, 1.807) is 25.3 Å². The Labute approximate surface area is 114 Å². The maximum Gasteiger partial charge on any atom is 0.236 e. The monoisotopic (exact) mass is 273 g/mol. The Morgan fingerprint density at radius 2 is 2.28 bits per heavy atom. The van der Waals surface area contributed by atoms with Gasteiger partial charge < -0.3 is 15.0 Å². The van der Waals surface area contributed by atoms with Gasteiger partial charge in [-0.3, -0.25) is 9.78 Å². The number of carbonyl (C=O) groups is 1. The van der Waals surface area contributed by atoms with E-state index < -0.39 is 0 Å². The van der Waals surface area contributed by atoms with Crippen LogP contribution in [0.2, 0.25) is 0 Å². The number of nitrogens with zero attached hydrogens (tertiary/aromatic N) is 2. The molecule has 0 atom stereocenters. The molecule has 0 aliphatic rings. The molecule has 6 heteroatoms. The van der Waals surface area contributed by atoms with E-state index in [-0.39, 0.29) is 18.3 Å².